The summed E-state index contributed by atoms with van der Waals surface area (Å²) < 4.78 is 5.79. The average molecular weight is 277 g/mol. The van der Waals surface area contributed by atoms with Crippen LogP contribution in [0.15, 0.2) is 24.3 Å². The van der Waals surface area contributed by atoms with Gasteiger partial charge in [0.15, 0.2) is 0 Å². The molecule has 20 heavy (non-hydrogen) atoms. The van der Waals surface area contributed by atoms with Crippen molar-refractivity contribution in [2.45, 2.75) is 59.3 Å². The smallest absolute Gasteiger partial charge is 0.119 e. The highest BCUT2D eigenvalue weighted by molar-refractivity contribution is 5.29. The third kappa shape index (κ3) is 5.96. The van der Waals surface area contributed by atoms with Gasteiger partial charge in [-0.25, -0.2) is 0 Å². The predicted molar refractivity (Wildman–Crippen MR) is 87.3 cm³/mol. The molecule has 2 nitrogen and oxygen atoms in total. The molecule has 1 aromatic rings. The van der Waals surface area contributed by atoms with Crippen molar-refractivity contribution in [2.75, 3.05) is 13.2 Å². The number of unbranched alkanes of at least 4 members (excludes halogenated alkanes) is 1. The van der Waals surface area contributed by atoms with Crippen LogP contribution in [0.4, 0.5) is 0 Å². The molecule has 0 radical (unpaired) electrons. The van der Waals surface area contributed by atoms with Crippen LogP contribution in [-0.4, -0.2) is 13.2 Å². The molecule has 1 aromatic carbocycles. The summed E-state index contributed by atoms with van der Waals surface area (Å²) in [4.78, 5) is 0. The second kappa shape index (κ2) is 8.31. The minimum absolute atomic E-state index is 0.262. The van der Waals surface area contributed by atoms with E-state index in [2.05, 4.69) is 52.0 Å². The molecule has 0 amide bonds. The van der Waals surface area contributed by atoms with Crippen LogP contribution in [0, 0.1) is 5.41 Å². The molecule has 0 heterocycles. The Hall–Kier alpha value is -1.02. The van der Waals surface area contributed by atoms with E-state index in [1.54, 1.807) is 0 Å². The summed E-state index contributed by atoms with van der Waals surface area (Å²) in [6.45, 7) is 10.5. The second-order valence-corrected chi connectivity index (χ2v) is 6.55. The molecule has 0 fully saturated rings. The predicted octanol–water partition coefficient (Wildman–Crippen LogP) is 4.73. The van der Waals surface area contributed by atoms with Crippen LogP contribution >= 0.6 is 0 Å². The molecule has 1 rings (SSSR count). The zero-order valence-corrected chi connectivity index (χ0v) is 13.6. The summed E-state index contributed by atoms with van der Waals surface area (Å²) >= 11 is 0. The van der Waals surface area contributed by atoms with Crippen LogP contribution < -0.4 is 10.5 Å². The van der Waals surface area contributed by atoms with Gasteiger partial charge in [-0.15, -0.1) is 0 Å². The van der Waals surface area contributed by atoms with Crippen molar-refractivity contribution in [3.63, 3.8) is 0 Å². The van der Waals surface area contributed by atoms with Gasteiger partial charge < -0.3 is 10.5 Å². The number of hydrogen-bond donors (Lipinski definition) is 1. The van der Waals surface area contributed by atoms with Gasteiger partial charge in [-0.3, -0.25) is 0 Å². The first-order valence-corrected chi connectivity index (χ1v) is 7.91. The van der Waals surface area contributed by atoms with Gasteiger partial charge in [0, 0.05) is 0 Å². The molecular weight excluding hydrogens is 246 g/mol. The lowest BCUT2D eigenvalue weighted by Gasteiger charge is -2.21. The molecule has 0 saturated heterocycles. The van der Waals surface area contributed by atoms with E-state index in [9.17, 15) is 0 Å². The fraction of sp³-hybridized carbons (Fsp3) is 0.667. The van der Waals surface area contributed by atoms with Gasteiger partial charge in [0.05, 0.1) is 6.61 Å². The molecule has 0 spiro atoms. The highest BCUT2D eigenvalue weighted by Crippen LogP contribution is 2.23. The Morgan fingerprint density at radius 1 is 1.15 bits per heavy atom. The third-order valence-corrected chi connectivity index (χ3v) is 4.13. The van der Waals surface area contributed by atoms with Crippen LogP contribution in [0.2, 0.25) is 0 Å². The van der Waals surface area contributed by atoms with Crippen molar-refractivity contribution >= 4 is 0 Å². The molecule has 0 aliphatic rings. The van der Waals surface area contributed by atoms with Crippen LogP contribution in [0.1, 0.15) is 64.9 Å². The fourth-order valence-electron chi connectivity index (χ4n) is 2.13. The molecule has 114 valence electrons. The lowest BCUT2D eigenvalue weighted by atomic mass is 9.87. The van der Waals surface area contributed by atoms with Crippen molar-refractivity contribution in [3.8, 4) is 5.75 Å². The summed E-state index contributed by atoms with van der Waals surface area (Å²) in [5.41, 5.74) is 7.39. The van der Waals surface area contributed by atoms with Gasteiger partial charge in [0.25, 0.3) is 0 Å². The SMILES string of the molecule is CCC(C)c1ccc(OCCCCC(C)(C)CN)cc1. The van der Waals surface area contributed by atoms with Crippen LogP contribution in [0.5, 0.6) is 5.75 Å². The molecule has 1 unspecified atom stereocenters. The Balaban J connectivity index is 2.26. The maximum absolute atomic E-state index is 5.79. The highest BCUT2D eigenvalue weighted by Gasteiger charge is 2.14. The summed E-state index contributed by atoms with van der Waals surface area (Å²) in [6, 6.07) is 8.54. The Bertz CT molecular complexity index is 370. The van der Waals surface area contributed by atoms with E-state index in [4.69, 9.17) is 10.5 Å². The molecule has 0 bridgehead atoms. The first kappa shape index (κ1) is 17.0. The summed E-state index contributed by atoms with van der Waals surface area (Å²) in [7, 11) is 0. The van der Waals surface area contributed by atoms with Gasteiger partial charge >= 0.3 is 0 Å². The first-order valence-electron chi connectivity index (χ1n) is 7.91. The molecular formula is C18H31NO. The van der Waals surface area contributed by atoms with Crippen molar-refractivity contribution in [1.82, 2.24) is 0 Å². The van der Waals surface area contributed by atoms with E-state index in [1.807, 2.05) is 0 Å². The lowest BCUT2D eigenvalue weighted by molar-refractivity contribution is 0.279. The first-order chi connectivity index (χ1) is 9.48. The van der Waals surface area contributed by atoms with Crippen LogP contribution in [0.25, 0.3) is 0 Å². The molecule has 0 saturated carbocycles. The quantitative estimate of drug-likeness (QED) is 0.662. The molecule has 0 aromatic heterocycles. The third-order valence-electron chi connectivity index (χ3n) is 4.13. The van der Waals surface area contributed by atoms with Gasteiger partial charge in [-0.05, 0) is 61.3 Å². The number of benzene rings is 1. The van der Waals surface area contributed by atoms with Crippen molar-refractivity contribution in [2.24, 2.45) is 11.1 Å². The minimum atomic E-state index is 0.262. The standard InChI is InChI=1S/C18H31NO/c1-5-15(2)16-8-10-17(11-9-16)20-13-7-6-12-18(3,4)14-19/h8-11,15H,5-7,12-14,19H2,1-4H3. The van der Waals surface area contributed by atoms with Crippen molar-refractivity contribution < 1.29 is 4.74 Å². The molecule has 1 atom stereocenters. The van der Waals surface area contributed by atoms with Crippen molar-refractivity contribution in [1.29, 1.82) is 0 Å². The average Bonchev–Trinajstić information content (AvgIpc) is 2.46. The fourth-order valence-corrected chi connectivity index (χ4v) is 2.13. The number of rotatable bonds is 9. The van der Waals surface area contributed by atoms with Crippen LogP contribution in [0.3, 0.4) is 0 Å². The maximum Gasteiger partial charge on any atom is 0.119 e. The second-order valence-electron chi connectivity index (χ2n) is 6.55. The summed E-state index contributed by atoms with van der Waals surface area (Å²) in [5, 5.41) is 0. The molecule has 2 N–H and O–H groups in total. The zero-order valence-electron chi connectivity index (χ0n) is 13.6. The van der Waals surface area contributed by atoms with Crippen molar-refractivity contribution in [3.05, 3.63) is 29.8 Å². The Labute approximate surface area is 124 Å². The van der Waals surface area contributed by atoms with Crippen LogP contribution in [-0.2, 0) is 0 Å². The number of hydrogen-bond acceptors (Lipinski definition) is 2. The van der Waals surface area contributed by atoms with Gasteiger partial charge in [0.1, 0.15) is 5.75 Å². The number of nitrogens with two attached hydrogens (primary N) is 1. The van der Waals surface area contributed by atoms with Gasteiger partial charge in [0.2, 0.25) is 0 Å². The van der Waals surface area contributed by atoms with E-state index in [0.29, 0.717) is 5.92 Å². The highest BCUT2D eigenvalue weighted by atomic mass is 16.5. The molecule has 0 aliphatic heterocycles. The van der Waals surface area contributed by atoms with E-state index in [1.165, 1.54) is 24.8 Å². The van der Waals surface area contributed by atoms with E-state index in [-0.39, 0.29) is 5.41 Å². The minimum Gasteiger partial charge on any atom is -0.494 e. The monoisotopic (exact) mass is 277 g/mol. The lowest BCUT2D eigenvalue weighted by Crippen LogP contribution is -2.23. The topological polar surface area (TPSA) is 35.2 Å². The summed E-state index contributed by atoms with van der Waals surface area (Å²) in [5.74, 6) is 1.61. The normalized spacial score (nSPS) is 13.2. The molecule has 2 heteroatoms. The van der Waals surface area contributed by atoms with Gasteiger partial charge in [-0.2, -0.15) is 0 Å². The Morgan fingerprint density at radius 3 is 2.35 bits per heavy atom. The number of ether oxygens (including phenoxy) is 1. The Kier molecular flexibility index (Phi) is 7.08. The summed E-state index contributed by atoms with van der Waals surface area (Å²) in [6.07, 6.45) is 4.61. The van der Waals surface area contributed by atoms with Gasteiger partial charge in [-0.1, -0.05) is 39.8 Å². The largest absolute Gasteiger partial charge is 0.494 e. The van der Waals surface area contributed by atoms with E-state index >= 15 is 0 Å². The van der Waals surface area contributed by atoms with E-state index in [0.717, 1.165) is 25.3 Å². The van der Waals surface area contributed by atoms with E-state index < -0.39 is 0 Å². The maximum atomic E-state index is 5.79. The zero-order chi connectivity index (χ0) is 15.0. The molecule has 0 aliphatic carbocycles. The Morgan fingerprint density at radius 2 is 1.80 bits per heavy atom.